The van der Waals surface area contributed by atoms with Gasteiger partial charge in [-0.2, -0.15) is 0 Å². The maximum atomic E-state index is 12.9. The Hall–Kier alpha value is -4.46. The second-order valence-electron chi connectivity index (χ2n) is 7.75. The molecule has 1 aliphatic rings. The summed E-state index contributed by atoms with van der Waals surface area (Å²) >= 11 is 0. The van der Waals surface area contributed by atoms with Crippen LogP contribution in [0.3, 0.4) is 0 Å². The van der Waals surface area contributed by atoms with Gasteiger partial charge in [-0.05, 0) is 29.3 Å². The van der Waals surface area contributed by atoms with E-state index in [0.29, 0.717) is 29.1 Å². The van der Waals surface area contributed by atoms with Crippen LogP contribution in [-0.2, 0) is 16.1 Å². The van der Waals surface area contributed by atoms with Crippen molar-refractivity contribution in [2.75, 3.05) is 17.7 Å². The zero-order valence-corrected chi connectivity index (χ0v) is 18.2. The molecule has 0 unspecified atom stereocenters. The van der Waals surface area contributed by atoms with Crippen LogP contribution in [0, 0.1) is 10.1 Å². The molecule has 1 aliphatic heterocycles. The van der Waals surface area contributed by atoms with E-state index in [1.165, 1.54) is 19.1 Å². The van der Waals surface area contributed by atoms with Crippen LogP contribution in [0.4, 0.5) is 17.1 Å². The molecule has 0 saturated carbocycles. The molecule has 2 N–H and O–H groups in total. The molecule has 0 fully saturated rings. The number of carbonyl (C=O) groups excluding carboxylic acids is 2. The van der Waals surface area contributed by atoms with Gasteiger partial charge in [0.05, 0.1) is 16.2 Å². The fourth-order valence-electron chi connectivity index (χ4n) is 3.62. The van der Waals surface area contributed by atoms with E-state index in [1.807, 2.05) is 54.6 Å². The van der Waals surface area contributed by atoms with Crippen molar-refractivity contribution in [2.24, 2.45) is 0 Å². The summed E-state index contributed by atoms with van der Waals surface area (Å²) in [5, 5.41) is 17.4. The minimum Gasteiger partial charge on any atom is -0.354 e. The molecule has 0 bridgehead atoms. The van der Waals surface area contributed by atoms with Crippen LogP contribution in [0.5, 0.6) is 0 Å². The second kappa shape index (κ2) is 8.96. The average Bonchev–Trinajstić information content (AvgIpc) is 3.13. The number of nitro groups is 1. The number of anilines is 2. The van der Waals surface area contributed by atoms with Gasteiger partial charge in [0.15, 0.2) is 0 Å². The zero-order chi connectivity index (χ0) is 23.5. The highest BCUT2D eigenvalue weighted by Crippen LogP contribution is 2.39. The summed E-state index contributed by atoms with van der Waals surface area (Å²) in [6.45, 7) is 2.00. The third-order valence-corrected chi connectivity index (χ3v) is 5.45. The predicted octanol–water partition coefficient (Wildman–Crippen LogP) is 4.51. The highest BCUT2D eigenvalue weighted by Gasteiger charge is 2.30. The Morgan fingerprint density at radius 1 is 1.06 bits per heavy atom. The maximum Gasteiger partial charge on any atom is 0.270 e. The van der Waals surface area contributed by atoms with Crippen LogP contribution in [0.1, 0.15) is 23.6 Å². The Kier molecular flexibility index (Phi) is 5.91. The SMILES string of the molecule is CC(=O)N(C)Cc1ccc(N/C(=C2\C(=O)Nc3ccc([N+](=O)[O-])cc32)c2ccccc2)cc1. The van der Waals surface area contributed by atoms with Gasteiger partial charge in [-0.3, -0.25) is 19.7 Å². The first-order valence-corrected chi connectivity index (χ1v) is 10.3. The number of nitrogens with one attached hydrogen (secondary N) is 2. The summed E-state index contributed by atoms with van der Waals surface area (Å²) in [6, 6.07) is 21.2. The van der Waals surface area contributed by atoms with E-state index >= 15 is 0 Å². The van der Waals surface area contributed by atoms with Crippen molar-refractivity contribution in [1.29, 1.82) is 0 Å². The molecule has 1 heterocycles. The van der Waals surface area contributed by atoms with Gasteiger partial charge in [0.25, 0.3) is 11.6 Å². The molecule has 3 aromatic carbocycles. The smallest absolute Gasteiger partial charge is 0.270 e. The summed E-state index contributed by atoms with van der Waals surface area (Å²) in [4.78, 5) is 36.9. The van der Waals surface area contributed by atoms with Gasteiger partial charge in [0.1, 0.15) is 0 Å². The molecular formula is C25H22N4O4. The lowest BCUT2D eigenvalue weighted by molar-refractivity contribution is -0.384. The molecule has 8 heteroatoms. The molecule has 3 aromatic rings. The molecule has 2 amide bonds. The maximum absolute atomic E-state index is 12.9. The lowest BCUT2D eigenvalue weighted by Crippen LogP contribution is -2.22. The minimum atomic E-state index is -0.479. The largest absolute Gasteiger partial charge is 0.354 e. The number of carbonyl (C=O) groups is 2. The van der Waals surface area contributed by atoms with Crippen molar-refractivity contribution in [3.05, 3.63) is 99.6 Å². The van der Waals surface area contributed by atoms with E-state index in [9.17, 15) is 19.7 Å². The molecule has 8 nitrogen and oxygen atoms in total. The van der Waals surface area contributed by atoms with Crippen molar-refractivity contribution in [3.8, 4) is 0 Å². The number of non-ortho nitro benzene ring substituents is 1. The van der Waals surface area contributed by atoms with Crippen LogP contribution < -0.4 is 10.6 Å². The van der Waals surface area contributed by atoms with E-state index in [1.54, 1.807) is 18.0 Å². The number of rotatable bonds is 6. The number of hydrogen-bond acceptors (Lipinski definition) is 5. The Balaban J connectivity index is 1.76. The first kappa shape index (κ1) is 21.8. The second-order valence-corrected chi connectivity index (χ2v) is 7.75. The van der Waals surface area contributed by atoms with Gasteiger partial charge in [-0.25, -0.2) is 0 Å². The number of fused-ring (bicyclic) bond motifs is 1. The van der Waals surface area contributed by atoms with Gasteiger partial charge in [-0.15, -0.1) is 0 Å². The lowest BCUT2D eigenvalue weighted by atomic mass is 9.99. The minimum absolute atomic E-state index is 0.0201. The molecule has 166 valence electrons. The van der Waals surface area contributed by atoms with E-state index in [-0.39, 0.29) is 17.5 Å². The molecule has 0 spiro atoms. The van der Waals surface area contributed by atoms with E-state index in [0.717, 1.165) is 16.8 Å². The van der Waals surface area contributed by atoms with Crippen LogP contribution >= 0.6 is 0 Å². The first-order valence-electron chi connectivity index (χ1n) is 10.3. The van der Waals surface area contributed by atoms with Gasteiger partial charge in [0, 0.05) is 49.6 Å². The molecule has 0 saturated heterocycles. The number of benzene rings is 3. The highest BCUT2D eigenvalue weighted by atomic mass is 16.6. The Labute approximate surface area is 190 Å². The summed E-state index contributed by atoms with van der Waals surface area (Å²) in [7, 11) is 1.74. The fraction of sp³-hybridized carbons (Fsp3) is 0.120. The van der Waals surface area contributed by atoms with E-state index in [2.05, 4.69) is 10.6 Å². The first-order chi connectivity index (χ1) is 15.8. The van der Waals surface area contributed by atoms with Crippen molar-refractivity contribution in [1.82, 2.24) is 4.90 Å². The highest BCUT2D eigenvalue weighted by molar-refractivity contribution is 6.37. The van der Waals surface area contributed by atoms with Crippen LogP contribution in [0.15, 0.2) is 72.8 Å². The molecule has 0 atom stereocenters. The van der Waals surface area contributed by atoms with Crippen LogP contribution in [0.2, 0.25) is 0 Å². The monoisotopic (exact) mass is 442 g/mol. The summed E-state index contributed by atoms with van der Waals surface area (Å²) in [6.07, 6.45) is 0. The number of hydrogen-bond donors (Lipinski definition) is 2. The van der Waals surface area contributed by atoms with Crippen molar-refractivity contribution >= 4 is 40.1 Å². The Morgan fingerprint density at radius 3 is 2.39 bits per heavy atom. The van der Waals surface area contributed by atoms with Crippen molar-refractivity contribution in [3.63, 3.8) is 0 Å². The topological polar surface area (TPSA) is 105 Å². The molecule has 0 aromatic heterocycles. The van der Waals surface area contributed by atoms with Gasteiger partial charge in [0.2, 0.25) is 5.91 Å². The number of nitro benzene ring substituents is 1. The predicted molar refractivity (Wildman–Crippen MR) is 127 cm³/mol. The molecule has 33 heavy (non-hydrogen) atoms. The van der Waals surface area contributed by atoms with Gasteiger partial charge < -0.3 is 15.5 Å². The third-order valence-electron chi connectivity index (χ3n) is 5.45. The summed E-state index contributed by atoms with van der Waals surface area (Å²) in [5.41, 5.74) is 4.26. The number of amides is 2. The van der Waals surface area contributed by atoms with E-state index in [4.69, 9.17) is 0 Å². The van der Waals surface area contributed by atoms with Crippen molar-refractivity contribution in [2.45, 2.75) is 13.5 Å². The molecular weight excluding hydrogens is 420 g/mol. The van der Waals surface area contributed by atoms with Gasteiger partial charge >= 0.3 is 0 Å². The fourth-order valence-corrected chi connectivity index (χ4v) is 3.62. The molecule has 0 aliphatic carbocycles. The molecule has 0 radical (unpaired) electrons. The third kappa shape index (κ3) is 4.59. The molecule has 4 rings (SSSR count). The summed E-state index contributed by atoms with van der Waals surface area (Å²) < 4.78 is 0. The van der Waals surface area contributed by atoms with Crippen LogP contribution in [0.25, 0.3) is 11.3 Å². The van der Waals surface area contributed by atoms with Crippen molar-refractivity contribution < 1.29 is 14.5 Å². The quantitative estimate of drug-likeness (QED) is 0.332. The van der Waals surface area contributed by atoms with Crippen LogP contribution in [-0.4, -0.2) is 28.7 Å². The normalized spacial score (nSPS) is 13.7. The Morgan fingerprint density at radius 2 is 1.76 bits per heavy atom. The van der Waals surface area contributed by atoms with Gasteiger partial charge in [-0.1, -0.05) is 42.5 Å². The number of nitrogens with zero attached hydrogens (tertiary/aromatic N) is 2. The summed E-state index contributed by atoms with van der Waals surface area (Å²) in [5.74, 6) is -0.357. The standard InChI is InChI=1S/C25H22N4O4/c1-16(30)28(2)15-17-8-10-19(11-9-17)26-24(18-6-4-3-5-7-18)23-21-14-20(29(32)33)12-13-22(21)27-25(23)31/h3-14,26H,15H2,1-2H3,(H,27,31)/b24-23-. The lowest BCUT2D eigenvalue weighted by Gasteiger charge is -2.17. The average molecular weight is 442 g/mol. The Bertz CT molecular complexity index is 1270. The zero-order valence-electron chi connectivity index (χ0n) is 18.2. The van der Waals surface area contributed by atoms with E-state index < -0.39 is 4.92 Å².